The normalized spacial score (nSPS) is 36.0. The Hall–Kier alpha value is -1.28. The minimum Gasteiger partial charge on any atom is -0.394 e. The second-order valence-electron chi connectivity index (χ2n) is 10.1. The van der Waals surface area contributed by atoms with E-state index in [1.165, 1.54) is 0 Å². The van der Waals surface area contributed by atoms with Crippen molar-refractivity contribution in [3.8, 4) is 0 Å². The Bertz CT molecular complexity index is 705. The highest BCUT2D eigenvalue weighted by molar-refractivity contribution is 8.02. The highest BCUT2D eigenvalue weighted by Gasteiger charge is 2.76. The van der Waals surface area contributed by atoms with E-state index >= 15 is 0 Å². The van der Waals surface area contributed by atoms with Crippen molar-refractivity contribution < 1.29 is 19.5 Å². The standard InChI is InChI=1S/C22H37N3O4S/c1-7-9-23-18(27)15-14-10-12(3)22(30-14)16(15)20(29)25(13(8-2)11-26)17(22)19(28)24-21(4,5)6/h12-17,26H,7-11H2,1-6H3,(H,23,27)(H,24,28)/t12?,13-,14-,15+,16-,17?,22?/m0/s1. The molecule has 3 heterocycles. The van der Waals surface area contributed by atoms with E-state index in [2.05, 4.69) is 17.6 Å². The van der Waals surface area contributed by atoms with E-state index in [9.17, 15) is 19.5 Å². The second-order valence-corrected chi connectivity index (χ2v) is 11.6. The van der Waals surface area contributed by atoms with E-state index in [0.29, 0.717) is 13.0 Å². The molecule has 7 nitrogen and oxygen atoms in total. The molecule has 0 aliphatic carbocycles. The third-order valence-electron chi connectivity index (χ3n) is 6.86. The Kier molecular flexibility index (Phi) is 6.50. The van der Waals surface area contributed by atoms with Gasteiger partial charge in [-0.05, 0) is 46.0 Å². The van der Waals surface area contributed by atoms with E-state index in [1.54, 1.807) is 16.7 Å². The summed E-state index contributed by atoms with van der Waals surface area (Å²) in [7, 11) is 0. The van der Waals surface area contributed by atoms with E-state index in [0.717, 1.165) is 12.8 Å². The number of hydrogen-bond donors (Lipinski definition) is 3. The minimum atomic E-state index is -0.680. The molecule has 3 aliphatic rings. The Morgan fingerprint density at radius 1 is 1.30 bits per heavy atom. The van der Waals surface area contributed by atoms with Crippen LogP contribution in [0.15, 0.2) is 0 Å². The van der Waals surface area contributed by atoms with Gasteiger partial charge in [0.25, 0.3) is 0 Å². The third-order valence-corrected chi connectivity index (χ3v) is 8.93. The second kappa shape index (κ2) is 8.34. The van der Waals surface area contributed by atoms with E-state index < -0.39 is 34.2 Å². The van der Waals surface area contributed by atoms with Gasteiger partial charge in [-0.25, -0.2) is 0 Å². The van der Waals surface area contributed by atoms with Crippen LogP contribution in [0.3, 0.4) is 0 Å². The lowest BCUT2D eigenvalue weighted by Gasteiger charge is -2.41. The molecule has 3 saturated heterocycles. The minimum absolute atomic E-state index is 0.0482. The number of carbonyl (C=O) groups is 3. The summed E-state index contributed by atoms with van der Waals surface area (Å²) in [6, 6.07) is -1.11. The number of nitrogens with one attached hydrogen (secondary N) is 2. The third kappa shape index (κ3) is 3.53. The molecule has 3 fully saturated rings. The zero-order chi connectivity index (χ0) is 22.4. The van der Waals surface area contributed by atoms with Gasteiger partial charge in [0.2, 0.25) is 17.7 Å². The van der Waals surface area contributed by atoms with Crippen molar-refractivity contribution >= 4 is 29.5 Å². The number of nitrogens with zero attached hydrogens (tertiary/aromatic N) is 1. The molecule has 0 saturated carbocycles. The average molecular weight is 440 g/mol. The van der Waals surface area contributed by atoms with Gasteiger partial charge in [-0.1, -0.05) is 20.8 Å². The summed E-state index contributed by atoms with van der Waals surface area (Å²) in [5.41, 5.74) is -0.441. The Balaban J connectivity index is 2.07. The number of fused-ring (bicyclic) bond motifs is 1. The summed E-state index contributed by atoms with van der Waals surface area (Å²) in [6.45, 7) is 12.2. The topological polar surface area (TPSA) is 98.7 Å². The fraction of sp³-hybridized carbons (Fsp3) is 0.864. The number of aliphatic hydroxyl groups excluding tert-OH is 1. The van der Waals surface area contributed by atoms with Crippen molar-refractivity contribution in [1.29, 1.82) is 0 Å². The summed E-state index contributed by atoms with van der Waals surface area (Å²) < 4.78 is -0.631. The number of amides is 3. The first kappa shape index (κ1) is 23.4. The summed E-state index contributed by atoms with van der Waals surface area (Å²) in [4.78, 5) is 42.0. The molecule has 3 amide bonds. The number of rotatable bonds is 7. The SMILES string of the molecule is CCCNC(=O)[C@@H]1[C@@H]2CC(C)C3(S2)C(C(=O)NC(C)(C)C)N([C@@H](CC)CO)C(=O)[C@H]13. The van der Waals surface area contributed by atoms with Crippen molar-refractivity contribution in [3.05, 3.63) is 0 Å². The molecular formula is C22H37N3O4S. The largest absolute Gasteiger partial charge is 0.394 e. The van der Waals surface area contributed by atoms with Crippen molar-refractivity contribution in [2.24, 2.45) is 17.8 Å². The smallest absolute Gasteiger partial charge is 0.244 e. The Morgan fingerprint density at radius 2 is 1.97 bits per heavy atom. The lowest BCUT2D eigenvalue weighted by atomic mass is 9.65. The van der Waals surface area contributed by atoms with Crippen molar-refractivity contribution in [1.82, 2.24) is 15.5 Å². The maximum atomic E-state index is 13.8. The molecule has 3 N–H and O–H groups in total. The molecule has 1 spiro atoms. The molecule has 3 unspecified atom stereocenters. The number of likely N-dealkylation sites (tertiary alicyclic amines) is 1. The van der Waals surface area contributed by atoms with Gasteiger partial charge in [0.1, 0.15) is 6.04 Å². The van der Waals surface area contributed by atoms with Gasteiger partial charge in [-0.2, -0.15) is 0 Å². The van der Waals surface area contributed by atoms with Crippen LogP contribution < -0.4 is 10.6 Å². The van der Waals surface area contributed by atoms with E-state index in [-0.39, 0.29) is 35.5 Å². The predicted molar refractivity (Wildman–Crippen MR) is 118 cm³/mol. The number of thioether (sulfide) groups is 1. The molecule has 8 heteroatoms. The first-order chi connectivity index (χ1) is 14.0. The van der Waals surface area contributed by atoms with Gasteiger partial charge in [0, 0.05) is 17.3 Å². The molecule has 7 atom stereocenters. The van der Waals surface area contributed by atoms with Gasteiger partial charge in [-0.15, -0.1) is 11.8 Å². The summed E-state index contributed by atoms with van der Waals surface area (Å²) in [5.74, 6) is -1.22. The van der Waals surface area contributed by atoms with E-state index in [1.807, 2.05) is 34.6 Å². The van der Waals surface area contributed by atoms with Gasteiger partial charge < -0.3 is 20.6 Å². The molecule has 0 aromatic rings. The van der Waals surface area contributed by atoms with Crippen LogP contribution in [0, 0.1) is 17.8 Å². The summed E-state index contributed by atoms with van der Waals surface area (Å²) in [5, 5.41) is 16.1. The van der Waals surface area contributed by atoms with Crippen LogP contribution in [0.4, 0.5) is 0 Å². The first-order valence-corrected chi connectivity index (χ1v) is 12.1. The zero-order valence-corrected chi connectivity index (χ0v) is 19.8. The van der Waals surface area contributed by atoms with Crippen LogP contribution in [-0.2, 0) is 14.4 Å². The quantitative estimate of drug-likeness (QED) is 0.559. The Morgan fingerprint density at radius 3 is 2.50 bits per heavy atom. The van der Waals surface area contributed by atoms with Crippen LogP contribution in [0.25, 0.3) is 0 Å². The molecule has 0 aromatic heterocycles. The van der Waals surface area contributed by atoms with Crippen molar-refractivity contribution in [2.75, 3.05) is 13.2 Å². The van der Waals surface area contributed by atoms with E-state index in [4.69, 9.17) is 0 Å². The molecule has 0 radical (unpaired) electrons. The predicted octanol–water partition coefficient (Wildman–Crippen LogP) is 1.54. The molecule has 30 heavy (non-hydrogen) atoms. The monoisotopic (exact) mass is 439 g/mol. The van der Waals surface area contributed by atoms with Gasteiger partial charge in [0.05, 0.1) is 29.2 Å². The van der Waals surface area contributed by atoms with Crippen molar-refractivity contribution in [2.45, 2.75) is 88.4 Å². The van der Waals surface area contributed by atoms with Crippen LogP contribution in [0.5, 0.6) is 0 Å². The van der Waals surface area contributed by atoms with Crippen LogP contribution in [0.1, 0.15) is 60.8 Å². The number of hydrogen-bond acceptors (Lipinski definition) is 5. The van der Waals surface area contributed by atoms with Gasteiger partial charge >= 0.3 is 0 Å². The fourth-order valence-electron chi connectivity index (χ4n) is 5.67. The molecule has 3 rings (SSSR count). The summed E-state index contributed by atoms with van der Waals surface area (Å²) in [6.07, 6.45) is 2.21. The molecule has 170 valence electrons. The maximum absolute atomic E-state index is 13.8. The maximum Gasteiger partial charge on any atom is 0.244 e. The average Bonchev–Trinajstić information content (AvgIpc) is 3.24. The van der Waals surface area contributed by atoms with Crippen LogP contribution in [-0.4, -0.2) is 68.5 Å². The lowest BCUT2D eigenvalue weighted by molar-refractivity contribution is -0.143. The first-order valence-electron chi connectivity index (χ1n) is 11.2. The highest BCUT2D eigenvalue weighted by Crippen LogP contribution is 2.68. The molecule has 0 aromatic carbocycles. The molecule has 2 bridgehead atoms. The van der Waals surface area contributed by atoms with Gasteiger partial charge in [0.15, 0.2) is 0 Å². The molecular weight excluding hydrogens is 402 g/mol. The van der Waals surface area contributed by atoms with Crippen LogP contribution >= 0.6 is 11.8 Å². The highest BCUT2D eigenvalue weighted by atomic mass is 32.2. The van der Waals surface area contributed by atoms with Gasteiger partial charge in [-0.3, -0.25) is 14.4 Å². The summed E-state index contributed by atoms with van der Waals surface area (Å²) >= 11 is 1.67. The fourth-order valence-corrected chi connectivity index (χ4v) is 8.08. The Labute approximate surface area is 184 Å². The van der Waals surface area contributed by atoms with Crippen LogP contribution in [0.2, 0.25) is 0 Å². The zero-order valence-electron chi connectivity index (χ0n) is 19.0. The number of carbonyl (C=O) groups excluding carboxylic acids is 3. The number of aliphatic hydroxyl groups is 1. The molecule has 3 aliphatic heterocycles. The lowest BCUT2D eigenvalue weighted by Crippen LogP contribution is -2.60. The van der Waals surface area contributed by atoms with Crippen molar-refractivity contribution in [3.63, 3.8) is 0 Å².